The Labute approximate surface area is 183 Å². The Morgan fingerprint density at radius 2 is 1.03 bits per heavy atom. The number of halogens is 7. The van der Waals surface area contributed by atoms with Gasteiger partial charge in [0, 0.05) is 23.3 Å². The zero-order chi connectivity index (χ0) is 23.8. The van der Waals surface area contributed by atoms with E-state index >= 15 is 0 Å². The number of rotatable bonds is 5. The lowest BCUT2D eigenvalue weighted by atomic mass is 9.98. The average molecular weight is 462 g/mol. The second-order valence-electron chi connectivity index (χ2n) is 7.05. The Bertz CT molecular complexity index is 1280. The lowest BCUT2D eigenvalue weighted by Gasteiger charge is -2.19. The highest BCUT2D eigenvalue weighted by molar-refractivity contribution is 5.71. The minimum atomic E-state index is -4.05. The number of ether oxygens (including phenoxy) is 1. The minimum Gasteiger partial charge on any atom is -0.429 e. The van der Waals surface area contributed by atoms with Crippen molar-refractivity contribution < 1.29 is 35.5 Å². The van der Waals surface area contributed by atoms with Gasteiger partial charge in [0.05, 0.1) is 5.56 Å². The highest BCUT2D eigenvalue weighted by atomic mass is 19.3. The second-order valence-corrected chi connectivity index (χ2v) is 7.05. The summed E-state index contributed by atoms with van der Waals surface area (Å²) in [6.07, 6.45) is -4.05. The van der Waals surface area contributed by atoms with Gasteiger partial charge in [-0.2, -0.15) is 8.78 Å². The molecular weight excluding hydrogens is 449 g/mol. The van der Waals surface area contributed by atoms with Crippen molar-refractivity contribution in [1.82, 2.24) is 0 Å². The largest absolute Gasteiger partial charge is 0.429 e. The quantitative estimate of drug-likeness (QED) is 0.217. The molecule has 4 aromatic carbocycles. The fourth-order valence-corrected chi connectivity index (χ4v) is 3.26. The van der Waals surface area contributed by atoms with Crippen LogP contribution in [0.15, 0.2) is 78.9 Å². The molecule has 0 atom stereocenters. The summed E-state index contributed by atoms with van der Waals surface area (Å²) in [4.78, 5) is 0. The maximum atomic E-state index is 14.7. The summed E-state index contributed by atoms with van der Waals surface area (Å²) >= 11 is 0. The smallest absolute Gasteiger partial charge is 0.426 e. The van der Waals surface area contributed by atoms with Crippen molar-refractivity contribution in [2.45, 2.75) is 6.11 Å². The molecule has 0 aliphatic carbocycles. The van der Waals surface area contributed by atoms with E-state index in [-0.39, 0.29) is 28.8 Å². The Kier molecular flexibility index (Phi) is 5.84. The van der Waals surface area contributed by atoms with Gasteiger partial charge in [-0.3, -0.25) is 0 Å². The van der Waals surface area contributed by atoms with E-state index in [1.54, 1.807) is 30.3 Å². The highest BCUT2D eigenvalue weighted by Gasteiger charge is 2.35. The summed E-state index contributed by atoms with van der Waals surface area (Å²) in [6.45, 7) is 0. The number of benzene rings is 4. The van der Waals surface area contributed by atoms with Crippen molar-refractivity contribution in [2.75, 3.05) is 0 Å². The summed E-state index contributed by atoms with van der Waals surface area (Å²) in [7, 11) is 0. The van der Waals surface area contributed by atoms with Crippen LogP contribution in [0.3, 0.4) is 0 Å². The van der Waals surface area contributed by atoms with E-state index in [4.69, 9.17) is 0 Å². The maximum Gasteiger partial charge on any atom is 0.426 e. The van der Waals surface area contributed by atoms with Gasteiger partial charge in [-0.15, -0.1) is 0 Å². The van der Waals surface area contributed by atoms with E-state index in [9.17, 15) is 30.7 Å². The molecule has 1 nitrogen and oxygen atoms in total. The topological polar surface area (TPSA) is 9.23 Å². The van der Waals surface area contributed by atoms with Crippen LogP contribution in [-0.2, 0) is 6.11 Å². The Morgan fingerprint density at radius 3 is 1.55 bits per heavy atom. The lowest BCUT2D eigenvalue weighted by molar-refractivity contribution is -0.185. The zero-order valence-electron chi connectivity index (χ0n) is 16.6. The molecule has 168 valence electrons. The van der Waals surface area contributed by atoms with Gasteiger partial charge in [-0.05, 0) is 23.3 Å². The van der Waals surface area contributed by atoms with Gasteiger partial charge in [-0.25, -0.2) is 22.0 Å². The van der Waals surface area contributed by atoms with Crippen molar-refractivity contribution in [3.8, 4) is 28.0 Å². The number of alkyl halides is 2. The molecule has 0 heterocycles. The third kappa shape index (κ3) is 4.41. The molecule has 0 fully saturated rings. The molecule has 0 radical (unpaired) electrons. The van der Waals surface area contributed by atoms with Crippen LogP contribution in [0.2, 0.25) is 0 Å². The van der Waals surface area contributed by atoms with Crippen LogP contribution in [0.1, 0.15) is 5.56 Å². The fraction of sp³-hybridized carbons (Fsp3) is 0.0400. The van der Waals surface area contributed by atoms with Gasteiger partial charge in [0.1, 0.15) is 5.75 Å². The SMILES string of the molecule is Fc1cc(OC(F)(F)c2ccc(-c3ccc(-c4ccccc4)c(F)c3F)cc2)cc(F)c1F. The third-order valence-corrected chi connectivity index (χ3v) is 4.90. The monoisotopic (exact) mass is 462 g/mol. The van der Waals surface area contributed by atoms with Crippen LogP contribution in [0, 0.1) is 29.1 Å². The molecule has 0 aliphatic heterocycles. The van der Waals surface area contributed by atoms with Gasteiger partial charge >= 0.3 is 6.11 Å². The van der Waals surface area contributed by atoms with Gasteiger partial charge in [0.25, 0.3) is 0 Å². The Hall–Kier alpha value is -3.81. The first-order valence-electron chi connectivity index (χ1n) is 9.53. The van der Waals surface area contributed by atoms with Gasteiger partial charge in [-0.1, -0.05) is 54.6 Å². The number of hydrogen-bond donors (Lipinski definition) is 0. The predicted molar refractivity (Wildman–Crippen MR) is 108 cm³/mol. The minimum absolute atomic E-state index is 0.0483. The van der Waals surface area contributed by atoms with Crippen LogP contribution in [0.25, 0.3) is 22.3 Å². The first-order valence-corrected chi connectivity index (χ1v) is 9.53. The summed E-state index contributed by atoms with van der Waals surface area (Å²) < 4.78 is 102. The Morgan fingerprint density at radius 1 is 0.545 bits per heavy atom. The summed E-state index contributed by atoms with van der Waals surface area (Å²) in [5, 5.41) is 0. The third-order valence-electron chi connectivity index (χ3n) is 4.90. The predicted octanol–water partition coefficient (Wildman–Crippen LogP) is 7.84. The van der Waals surface area contributed by atoms with Gasteiger partial charge < -0.3 is 4.74 Å². The van der Waals surface area contributed by atoms with E-state index in [0.717, 1.165) is 24.3 Å². The van der Waals surface area contributed by atoms with E-state index in [1.807, 2.05) is 0 Å². The van der Waals surface area contributed by atoms with Crippen molar-refractivity contribution in [2.24, 2.45) is 0 Å². The Balaban J connectivity index is 1.61. The molecular formula is C25H13F7O. The van der Waals surface area contributed by atoms with Crippen LogP contribution in [0.4, 0.5) is 30.7 Å². The molecule has 0 bridgehead atoms. The molecule has 0 saturated heterocycles. The highest BCUT2D eigenvalue weighted by Crippen LogP contribution is 2.35. The average Bonchev–Trinajstić information content (AvgIpc) is 2.79. The van der Waals surface area contributed by atoms with Crippen molar-refractivity contribution in [3.05, 3.63) is 114 Å². The summed E-state index contributed by atoms with van der Waals surface area (Å²) in [5.74, 6) is -8.35. The molecule has 0 amide bonds. The lowest BCUT2D eigenvalue weighted by Crippen LogP contribution is -2.22. The first-order chi connectivity index (χ1) is 15.7. The molecule has 0 N–H and O–H groups in total. The van der Waals surface area contributed by atoms with E-state index in [2.05, 4.69) is 4.74 Å². The van der Waals surface area contributed by atoms with Crippen LogP contribution in [-0.4, -0.2) is 0 Å². The molecule has 4 aromatic rings. The zero-order valence-corrected chi connectivity index (χ0v) is 16.6. The molecule has 4 rings (SSSR count). The summed E-state index contributed by atoms with van der Waals surface area (Å²) in [6, 6.07) is 15.6. The van der Waals surface area contributed by atoms with E-state index in [0.29, 0.717) is 5.56 Å². The van der Waals surface area contributed by atoms with Crippen LogP contribution < -0.4 is 4.74 Å². The molecule has 0 spiro atoms. The molecule has 33 heavy (non-hydrogen) atoms. The second kappa shape index (κ2) is 8.61. The standard InChI is InChI=1S/C25H13F7O/c26-20-12-17(13-21(27)24(20)30)33-25(31,32)16-8-6-15(7-9-16)19-11-10-18(22(28)23(19)29)14-4-2-1-3-5-14/h1-13H. The molecule has 0 saturated carbocycles. The molecule has 0 unspecified atom stereocenters. The maximum absolute atomic E-state index is 14.7. The van der Waals surface area contributed by atoms with Gasteiger partial charge in [0.2, 0.25) is 0 Å². The van der Waals surface area contributed by atoms with Crippen molar-refractivity contribution >= 4 is 0 Å². The fourth-order valence-electron chi connectivity index (χ4n) is 3.26. The molecule has 0 aromatic heterocycles. The summed E-state index contributed by atoms with van der Waals surface area (Å²) in [5.41, 5.74) is -0.235. The molecule has 0 aliphatic rings. The first kappa shape index (κ1) is 22.4. The van der Waals surface area contributed by atoms with Crippen LogP contribution in [0.5, 0.6) is 5.75 Å². The van der Waals surface area contributed by atoms with Gasteiger partial charge in [0.15, 0.2) is 29.1 Å². The van der Waals surface area contributed by atoms with E-state index < -0.39 is 46.5 Å². The van der Waals surface area contributed by atoms with Crippen molar-refractivity contribution in [1.29, 1.82) is 0 Å². The van der Waals surface area contributed by atoms with Crippen LogP contribution >= 0.6 is 0 Å². The van der Waals surface area contributed by atoms with E-state index in [1.165, 1.54) is 12.1 Å². The molecule has 8 heteroatoms. The number of hydrogen-bond acceptors (Lipinski definition) is 1. The normalized spacial score (nSPS) is 11.5. The van der Waals surface area contributed by atoms with Crippen molar-refractivity contribution in [3.63, 3.8) is 0 Å².